The van der Waals surface area contributed by atoms with Crippen LogP contribution in [0.1, 0.15) is 51.7 Å². The third-order valence-electron chi connectivity index (χ3n) is 3.78. The molecule has 1 aromatic carbocycles. The van der Waals surface area contributed by atoms with E-state index in [9.17, 15) is 4.79 Å². The van der Waals surface area contributed by atoms with Gasteiger partial charge in [-0.1, -0.05) is 45.0 Å². The fourth-order valence-corrected chi connectivity index (χ4v) is 2.58. The molecule has 20 heavy (non-hydrogen) atoms. The van der Waals surface area contributed by atoms with Crippen molar-refractivity contribution in [1.82, 2.24) is 5.32 Å². The first-order valence-corrected chi connectivity index (χ1v) is 7.61. The van der Waals surface area contributed by atoms with Gasteiger partial charge in [0.15, 0.2) is 0 Å². The second-order valence-electron chi connectivity index (χ2n) is 5.00. The van der Waals surface area contributed by atoms with Gasteiger partial charge in [0, 0.05) is 0 Å². The van der Waals surface area contributed by atoms with Crippen molar-refractivity contribution in [3.8, 4) is 0 Å². The van der Waals surface area contributed by atoms with E-state index in [0.717, 1.165) is 24.9 Å². The summed E-state index contributed by atoms with van der Waals surface area (Å²) < 4.78 is 5.13. The predicted molar refractivity (Wildman–Crippen MR) is 82.7 cm³/mol. The first-order chi connectivity index (χ1) is 9.61. The Morgan fingerprint density at radius 1 is 1.15 bits per heavy atom. The maximum atomic E-state index is 11.9. The van der Waals surface area contributed by atoms with Gasteiger partial charge in [0.05, 0.1) is 18.6 Å². The van der Waals surface area contributed by atoms with Crippen molar-refractivity contribution < 1.29 is 9.53 Å². The monoisotopic (exact) mass is 277 g/mol. The third-order valence-corrected chi connectivity index (χ3v) is 3.78. The fraction of sp³-hybridized carbons (Fsp3) is 0.588. The lowest BCUT2D eigenvalue weighted by molar-refractivity contribution is -0.145. The molecule has 0 aliphatic carbocycles. The van der Waals surface area contributed by atoms with Crippen molar-refractivity contribution in [2.75, 3.05) is 13.2 Å². The molecule has 1 aromatic rings. The predicted octanol–water partition coefficient (Wildman–Crippen LogP) is 3.42. The van der Waals surface area contributed by atoms with Crippen LogP contribution in [-0.2, 0) is 21.5 Å². The number of carbonyl (C=O) groups excluding carboxylic acids is 1. The van der Waals surface area contributed by atoms with E-state index in [-0.39, 0.29) is 11.5 Å². The van der Waals surface area contributed by atoms with Crippen molar-refractivity contribution >= 4 is 5.97 Å². The highest BCUT2D eigenvalue weighted by atomic mass is 16.5. The third kappa shape index (κ3) is 4.07. The van der Waals surface area contributed by atoms with Crippen molar-refractivity contribution in [2.45, 2.75) is 52.5 Å². The van der Waals surface area contributed by atoms with Gasteiger partial charge in [-0.25, -0.2) is 0 Å². The number of rotatable bonds is 8. The number of hydrogen-bond donors (Lipinski definition) is 1. The molecule has 0 saturated carbocycles. The van der Waals surface area contributed by atoms with Gasteiger partial charge in [0.2, 0.25) is 0 Å². The van der Waals surface area contributed by atoms with Crippen LogP contribution in [-0.4, -0.2) is 19.1 Å². The number of esters is 1. The molecule has 112 valence electrons. The summed E-state index contributed by atoms with van der Waals surface area (Å²) in [5.74, 6) is -0.144. The van der Waals surface area contributed by atoms with Crippen molar-refractivity contribution in [3.63, 3.8) is 0 Å². The molecular weight excluding hydrogens is 250 g/mol. The lowest BCUT2D eigenvalue weighted by Crippen LogP contribution is -2.44. The van der Waals surface area contributed by atoms with E-state index in [2.05, 4.69) is 50.4 Å². The number of hydrogen-bond acceptors (Lipinski definition) is 3. The van der Waals surface area contributed by atoms with E-state index in [4.69, 9.17) is 4.74 Å². The highest BCUT2D eigenvalue weighted by Crippen LogP contribution is 2.29. The summed E-state index contributed by atoms with van der Waals surface area (Å²) in [5, 5.41) is 3.49. The summed E-state index contributed by atoms with van der Waals surface area (Å²) in [6, 6.07) is 8.54. The van der Waals surface area contributed by atoms with Gasteiger partial charge >= 0.3 is 5.97 Å². The van der Waals surface area contributed by atoms with E-state index in [1.165, 1.54) is 5.56 Å². The van der Waals surface area contributed by atoms with Crippen molar-refractivity contribution in [2.24, 2.45) is 0 Å². The maximum absolute atomic E-state index is 11.9. The standard InChI is InChI=1S/C17H27NO2/c1-5-14-9-11-15(12-10-14)17(6-2,18-7-3)13-16(19)20-8-4/h9-12,18H,5-8,13H2,1-4H3. The molecule has 1 unspecified atom stereocenters. The first kappa shape index (κ1) is 16.7. The van der Waals surface area contributed by atoms with Crippen LogP contribution in [0.25, 0.3) is 0 Å². The lowest BCUT2D eigenvalue weighted by Gasteiger charge is -2.33. The van der Waals surface area contributed by atoms with Crippen LogP contribution in [0.3, 0.4) is 0 Å². The van der Waals surface area contributed by atoms with Crippen LogP contribution >= 0.6 is 0 Å². The molecule has 1 N–H and O–H groups in total. The molecule has 0 aliphatic heterocycles. The molecule has 0 amide bonds. The Labute approximate surface area is 122 Å². The van der Waals surface area contributed by atoms with E-state index < -0.39 is 0 Å². The van der Waals surface area contributed by atoms with Crippen LogP contribution < -0.4 is 5.32 Å². The van der Waals surface area contributed by atoms with E-state index >= 15 is 0 Å². The van der Waals surface area contributed by atoms with Gasteiger partial charge in [-0.15, -0.1) is 0 Å². The molecule has 0 spiro atoms. The number of carbonyl (C=O) groups is 1. The summed E-state index contributed by atoms with van der Waals surface area (Å²) in [4.78, 5) is 11.9. The quantitative estimate of drug-likeness (QED) is 0.740. The average molecular weight is 277 g/mol. The molecule has 3 nitrogen and oxygen atoms in total. The Kier molecular flexibility index (Phi) is 6.73. The summed E-state index contributed by atoms with van der Waals surface area (Å²) in [6.07, 6.45) is 2.25. The van der Waals surface area contributed by atoms with E-state index in [1.54, 1.807) is 0 Å². The SMILES string of the molecule is CCNC(CC)(CC(=O)OCC)c1ccc(CC)cc1. The molecule has 0 aliphatic rings. The molecule has 1 rings (SSSR count). The van der Waals surface area contributed by atoms with Gasteiger partial charge < -0.3 is 10.1 Å². The van der Waals surface area contributed by atoms with Crippen LogP contribution in [0.2, 0.25) is 0 Å². The lowest BCUT2D eigenvalue weighted by atomic mass is 9.83. The minimum Gasteiger partial charge on any atom is -0.466 e. The summed E-state index contributed by atoms with van der Waals surface area (Å²) in [6.45, 7) is 9.41. The largest absolute Gasteiger partial charge is 0.466 e. The zero-order valence-corrected chi connectivity index (χ0v) is 13.2. The molecule has 0 saturated heterocycles. The average Bonchev–Trinajstić information content (AvgIpc) is 2.47. The molecule has 0 bridgehead atoms. The minimum atomic E-state index is -0.326. The first-order valence-electron chi connectivity index (χ1n) is 7.61. The summed E-state index contributed by atoms with van der Waals surface area (Å²) >= 11 is 0. The molecule has 0 aromatic heterocycles. The van der Waals surface area contributed by atoms with Gasteiger partial charge in [-0.2, -0.15) is 0 Å². The number of aryl methyl sites for hydroxylation is 1. The maximum Gasteiger partial charge on any atom is 0.308 e. The molecule has 3 heteroatoms. The highest BCUT2D eigenvalue weighted by Gasteiger charge is 2.32. The van der Waals surface area contributed by atoms with Gasteiger partial charge in [0.1, 0.15) is 0 Å². The molecule has 0 radical (unpaired) electrons. The van der Waals surface area contributed by atoms with Gasteiger partial charge in [0.25, 0.3) is 0 Å². The normalized spacial score (nSPS) is 13.8. The van der Waals surface area contributed by atoms with Crippen molar-refractivity contribution in [3.05, 3.63) is 35.4 Å². The molecule has 0 heterocycles. The Morgan fingerprint density at radius 3 is 2.25 bits per heavy atom. The Morgan fingerprint density at radius 2 is 1.80 bits per heavy atom. The fourth-order valence-electron chi connectivity index (χ4n) is 2.58. The van der Waals surface area contributed by atoms with Gasteiger partial charge in [-0.3, -0.25) is 4.79 Å². The van der Waals surface area contributed by atoms with Crippen molar-refractivity contribution in [1.29, 1.82) is 0 Å². The smallest absolute Gasteiger partial charge is 0.308 e. The number of nitrogens with one attached hydrogen (secondary N) is 1. The molecule has 0 fully saturated rings. The zero-order chi connectivity index (χ0) is 15.0. The second kappa shape index (κ2) is 8.05. The molecular formula is C17H27NO2. The highest BCUT2D eigenvalue weighted by molar-refractivity contribution is 5.71. The van der Waals surface area contributed by atoms with Crippen LogP contribution in [0.5, 0.6) is 0 Å². The van der Waals surface area contributed by atoms with E-state index in [1.807, 2.05) is 6.92 Å². The summed E-state index contributed by atoms with van der Waals surface area (Å²) in [7, 11) is 0. The minimum absolute atomic E-state index is 0.144. The van der Waals surface area contributed by atoms with Gasteiger partial charge in [-0.05, 0) is 37.4 Å². The Balaban J connectivity index is 3.04. The van der Waals surface area contributed by atoms with Crippen LogP contribution in [0, 0.1) is 0 Å². The van der Waals surface area contributed by atoms with Crippen LogP contribution in [0.15, 0.2) is 24.3 Å². The number of ether oxygens (including phenoxy) is 1. The van der Waals surface area contributed by atoms with Crippen LogP contribution in [0.4, 0.5) is 0 Å². The summed E-state index contributed by atoms with van der Waals surface area (Å²) in [5.41, 5.74) is 2.14. The molecule has 1 atom stereocenters. The number of benzene rings is 1. The topological polar surface area (TPSA) is 38.3 Å². The zero-order valence-electron chi connectivity index (χ0n) is 13.2. The Bertz CT molecular complexity index is 414. The second-order valence-corrected chi connectivity index (χ2v) is 5.00. The Hall–Kier alpha value is -1.35. The van der Waals surface area contributed by atoms with E-state index in [0.29, 0.717) is 13.0 Å².